The van der Waals surface area contributed by atoms with E-state index in [9.17, 15) is 0 Å². The van der Waals surface area contributed by atoms with Crippen LogP contribution in [0, 0.1) is 0 Å². The third-order valence-electron chi connectivity index (χ3n) is 2.19. The molecule has 1 heterocycles. The standard InChI is InChI=1S/C13H13NS2/c1-2-3-9-15-13-14-12(10-16-13)11-7-5-4-6-8-11/h2-9,12H,1,10H2/b9-3-/t12-/m0/s1. The van der Waals surface area contributed by atoms with Crippen LogP contribution in [-0.4, -0.2) is 10.1 Å². The molecule has 0 spiro atoms. The lowest BCUT2D eigenvalue weighted by molar-refractivity contribution is 0.852. The van der Waals surface area contributed by atoms with Crippen LogP contribution in [0.25, 0.3) is 0 Å². The van der Waals surface area contributed by atoms with Crippen molar-refractivity contribution in [3.63, 3.8) is 0 Å². The van der Waals surface area contributed by atoms with Crippen molar-refractivity contribution in [2.24, 2.45) is 4.99 Å². The van der Waals surface area contributed by atoms with Gasteiger partial charge in [0.05, 0.1) is 6.04 Å². The Morgan fingerprint density at radius 2 is 2.19 bits per heavy atom. The second-order valence-corrected chi connectivity index (χ2v) is 5.48. The predicted molar refractivity (Wildman–Crippen MR) is 76.0 cm³/mol. The van der Waals surface area contributed by atoms with Gasteiger partial charge in [0.1, 0.15) is 4.38 Å². The van der Waals surface area contributed by atoms with Crippen molar-refractivity contribution in [1.82, 2.24) is 0 Å². The van der Waals surface area contributed by atoms with Gasteiger partial charge in [-0.25, -0.2) is 0 Å². The molecule has 1 aliphatic heterocycles. The van der Waals surface area contributed by atoms with Crippen LogP contribution in [0.1, 0.15) is 11.6 Å². The molecule has 1 aliphatic rings. The Morgan fingerprint density at radius 1 is 1.38 bits per heavy atom. The Hall–Kier alpha value is -0.930. The van der Waals surface area contributed by atoms with Crippen molar-refractivity contribution < 1.29 is 0 Å². The topological polar surface area (TPSA) is 12.4 Å². The SMILES string of the molecule is C=C/C=C\SC1=N[C@H](c2ccccc2)CS1. The molecular weight excluding hydrogens is 234 g/mol. The summed E-state index contributed by atoms with van der Waals surface area (Å²) >= 11 is 3.49. The summed E-state index contributed by atoms with van der Waals surface area (Å²) in [6.45, 7) is 3.64. The van der Waals surface area contributed by atoms with Crippen LogP contribution in [-0.2, 0) is 0 Å². The molecule has 0 radical (unpaired) electrons. The summed E-state index contributed by atoms with van der Waals surface area (Å²) in [6, 6.07) is 10.8. The molecule has 0 aliphatic carbocycles. The van der Waals surface area contributed by atoms with Crippen molar-refractivity contribution in [1.29, 1.82) is 0 Å². The highest BCUT2D eigenvalue weighted by atomic mass is 32.2. The molecule has 82 valence electrons. The van der Waals surface area contributed by atoms with Crippen molar-refractivity contribution in [3.8, 4) is 0 Å². The van der Waals surface area contributed by atoms with Crippen LogP contribution in [0.5, 0.6) is 0 Å². The second-order valence-electron chi connectivity index (χ2n) is 3.31. The van der Waals surface area contributed by atoms with Crippen LogP contribution in [0.15, 0.2) is 59.5 Å². The van der Waals surface area contributed by atoms with Crippen LogP contribution >= 0.6 is 23.5 Å². The molecule has 0 saturated heterocycles. The highest BCUT2D eigenvalue weighted by Crippen LogP contribution is 2.34. The predicted octanol–water partition coefficient (Wildman–Crippen LogP) is 4.26. The van der Waals surface area contributed by atoms with Gasteiger partial charge >= 0.3 is 0 Å². The fraction of sp³-hybridized carbons (Fsp3) is 0.154. The zero-order valence-electron chi connectivity index (χ0n) is 8.87. The van der Waals surface area contributed by atoms with Gasteiger partial charge in [-0.05, 0) is 11.0 Å². The summed E-state index contributed by atoms with van der Waals surface area (Å²) in [4.78, 5) is 4.69. The molecule has 2 rings (SSSR count). The van der Waals surface area contributed by atoms with Crippen LogP contribution in [0.4, 0.5) is 0 Å². The lowest BCUT2D eigenvalue weighted by Crippen LogP contribution is -1.92. The molecule has 16 heavy (non-hydrogen) atoms. The first-order valence-electron chi connectivity index (χ1n) is 5.10. The largest absolute Gasteiger partial charge is 0.262 e. The Morgan fingerprint density at radius 3 is 2.94 bits per heavy atom. The average molecular weight is 247 g/mol. The van der Waals surface area contributed by atoms with E-state index in [0.717, 1.165) is 10.1 Å². The van der Waals surface area contributed by atoms with Gasteiger partial charge in [-0.1, -0.05) is 72.6 Å². The molecule has 0 bridgehead atoms. The van der Waals surface area contributed by atoms with E-state index in [2.05, 4.69) is 35.8 Å². The van der Waals surface area contributed by atoms with E-state index < -0.39 is 0 Å². The first-order valence-corrected chi connectivity index (χ1v) is 6.96. The highest BCUT2D eigenvalue weighted by molar-refractivity contribution is 8.40. The molecule has 1 aromatic carbocycles. The molecule has 0 N–H and O–H groups in total. The zero-order valence-corrected chi connectivity index (χ0v) is 10.5. The second kappa shape index (κ2) is 5.97. The number of allylic oxidation sites excluding steroid dienone is 2. The minimum Gasteiger partial charge on any atom is -0.262 e. The molecule has 3 heteroatoms. The number of benzene rings is 1. The quantitative estimate of drug-likeness (QED) is 0.740. The first kappa shape index (κ1) is 11.6. The first-order chi connectivity index (χ1) is 7.90. The fourth-order valence-corrected chi connectivity index (χ4v) is 3.32. The minimum atomic E-state index is 0.325. The summed E-state index contributed by atoms with van der Waals surface area (Å²) in [5.41, 5.74) is 1.30. The van der Waals surface area contributed by atoms with E-state index >= 15 is 0 Å². The highest BCUT2D eigenvalue weighted by Gasteiger charge is 2.19. The van der Waals surface area contributed by atoms with Crippen molar-refractivity contribution in [2.75, 3.05) is 5.75 Å². The molecule has 0 aromatic heterocycles. The molecule has 0 saturated carbocycles. The van der Waals surface area contributed by atoms with Crippen LogP contribution < -0.4 is 0 Å². The molecule has 0 unspecified atom stereocenters. The summed E-state index contributed by atoms with van der Waals surface area (Å²) in [6.07, 6.45) is 3.71. The Labute approximate surface area is 105 Å². The Kier molecular flexibility index (Phi) is 4.31. The third-order valence-corrected chi connectivity index (χ3v) is 4.27. The van der Waals surface area contributed by atoms with Gasteiger partial charge < -0.3 is 0 Å². The van der Waals surface area contributed by atoms with E-state index in [4.69, 9.17) is 0 Å². The molecule has 0 fully saturated rings. The average Bonchev–Trinajstić information content (AvgIpc) is 2.79. The minimum absolute atomic E-state index is 0.325. The van der Waals surface area contributed by atoms with Gasteiger partial charge in [0.25, 0.3) is 0 Å². The van der Waals surface area contributed by atoms with Gasteiger partial charge in [-0.3, -0.25) is 4.99 Å². The van der Waals surface area contributed by atoms with Crippen molar-refractivity contribution >= 4 is 27.9 Å². The Bertz CT molecular complexity index is 409. The summed E-state index contributed by atoms with van der Waals surface area (Å²) < 4.78 is 1.15. The lowest BCUT2D eigenvalue weighted by atomic mass is 10.1. The number of nitrogens with zero attached hydrogens (tertiary/aromatic N) is 1. The van der Waals surface area contributed by atoms with Gasteiger partial charge in [-0.15, -0.1) is 0 Å². The van der Waals surface area contributed by atoms with Crippen molar-refractivity contribution in [3.05, 3.63) is 60.0 Å². The summed E-state index contributed by atoms with van der Waals surface area (Å²) in [5, 5.41) is 2.02. The molecule has 0 amide bonds. The van der Waals surface area contributed by atoms with Gasteiger partial charge in [0.15, 0.2) is 0 Å². The van der Waals surface area contributed by atoms with E-state index in [1.54, 1.807) is 17.8 Å². The Balaban J connectivity index is 2.00. The maximum atomic E-state index is 4.69. The van der Waals surface area contributed by atoms with Crippen molar-refractivity contribution in [2.45, 2.75) is 6.04 Å². The van der Waals surface area contributed by atoms with Crippen LogP contribution in [0.3, 0.4) is 0 Å². The number of thioether (sulfide) groups is 2. The molecule has 1 nitrogen and oxygen atoms in total. The molecule has 1 atom stereocenters. The normalized spacial score (nSPS) is 20.0. The molecular formula is C13H13NS2. The van der Waals surface area contributed by atoms with E-state index in [1.165, 1.54) is 5.56 Å². The van der Waals surface area contributed by atoms with E-state index in [-0.39, 0.29) is 0 Å². The lowest BCUT2D eigenvalue weighted by Gasteiger charge is -2.04. The third kappa shape index (κ3) is 3.03. The number of rotatable bonds is 3. The van der Waals surface area contributed by atoms with Gasteiger partial charge in [0, 0.05) is 5.75 Å². The van der Waals surface area contributed by atoms with E-state index in [0.29, 0.717) is 6.04 Å². The monoisotopic (exact) mass is 247 g/mol. The summed E-state index contributed by atoms with van der Waals surface area (Å²) in [5.74, 6) is 1.05. The zero-order chi connectivity index (χ0) is 11.2. The fourth-order valence-electron chi connectivity index (χ4n) is 1.42. The van der Waals surface area contributed by atoms with E-state index in [1.807, 2.05) is 29.3 Å². The maximum Gasteiger partial charge on any atom is 0.129 e. The summed E-state index contributed by atoms with van der Waals surface area (Å²) in [7, 11) is 0. The molecule has 1 aromatic rings. The maximum absolute atomic E-state index is 4.69. The number of hydrogen-bond acceptors (Lipinski definition) is 3. The van der Waals surface area contributed by atoms with Crippen LogP contribution in [0.2, 0.25) is 0 Å². The smallest absolute Gasteiger partial charge is 0.129 e. The van der Waals surface area contributed by atoms with Gasteiger partial charge in [0.2, 0.25) is 0 Å². The van der Waals surface area contributed by atoms with Gasteiger partial charge in [-0.2, -0.15) is 0 Å². The number of aliphatic imine (C=N–C) groups is 1. The number of hydrogen-bond donors (Lipinski definition) is 0.